The first-order chi connectivity index (χ1) is 4.16. The number of hydrogen-bond donors (Lipinski definition) is 2. The smallest absolute Gasteiger partial charge is 0.305 e. The van der Waals surface area contributed by atoms with Crippen molar-refractivity contribution in [3.8, 4) is 0 Å². The summed E-state index contributed by atoms with van der Waals surface area (Å²) in [5.74, 6) is -0.906. The lowest BCUT2D eigenvalue weighted by Crippen LogP contribution is -2.26. The van der Waals surface area contributed by atoms with Crippen molar-refractivity contribution in [1.82, 2.24) is 5.32 Å². The standard InChI is InChI=1S/C5H9NO3/c1-4(6-3-7)2-5(8)9/h3-4H,2H2,1H3,(H,6,7)(H,8,9). The van der Waals surface area contributed by atoms with Gasteiger partial charge in [0.15, 0.2) is 0 Å². The molecule has 0 aromatic carbocycles. The second-order valence-corrected chi connectivity index (χ2v) is 1.78. The molecule has 1 atom stereocenters. The third-order valence-corrected chi connectivity index (χ3v) is 0.833. The van der Waals surface area contributed by atoms with Gasteiger partial charge in [0.1, 0.15) is 0 Å². The minimum atomic E-state index is -0.906. The number of hydrogen-bond acceptors (Lipinski definition) is 2. The van der Waals surface area contributed by atoms with Crippen LogP contribution in [0.4, 0.5) is 0 Å². The van der Waals surface area contributed by atoms with Gasteiger partial charge in [-0.25, -0.2) is 0 Å². The van der Waals surface area contributed by atoms with Crippen LogP contribution in [0.1, 0.15) is 13.3 Å². The van der Waals surface area contributed by atoms with Crippen molar-refractivity contribution in [1.29, 1.82) is 0 Å². The molecule has 1 unspecified atom stereocenters. The van der Waals surface area contributed by atoms with Gasteiger partial charge in [-0.2, -0.15) is 0 Å². The lowest BCUT2D eigenvalue weighted by Gasteiger charge is -2.04. The molecule has 0 aliphatic carbocycles. The van der Waals surface area contributed by atoms with Crippen LogP contribution < -0.4 is 5.32 Å². The van der Waals surface area contributed by atoms with Crippen LogP contribution in [0.25, 0.3) is 0 Å². The fraction of sp³-hybridized carbons (Fsp3) is 0.600. The molecule has 0 radical (unpaired) electrons. The predicted octanol–water partition coefficient (Wildman–Crippen LogP) is -0.404. The van der Waals surface area contributed by atoms with E-state index in [0.717, 1.165) is 0 Å². The van der Waals surface area contributed by atoms with E-state index in [1.807, 2.05) is 0 Å². The van der Waals surface area contributed by atoms with E-state index in [2.05, 4.69) is 5.32 Å². The Kier molecular flexibility index (Phi) is 3.43. The fourth-order valence-corrected chi connectivity index (χ4v) is 0.437. The first kappa shape index (κ1) is 7.94. The van der Waals surface area contributed by atoms with Crippen LogP contribution in [0.2, 0.25) is 0 Å². The molecule has 0 bridgehead atoms. The van der Waals surface area contributed by atoms with Gasteiger partial charge < -0.3 is 10.4 Å². The Labute approximate surface area is 52.9 Å². The Balaban J connectivity index is 3.37. The van der Waals surface area contributed by atoms with E-state index in [4.69, 9.17) is 5.11 Å². The predicted molar refractivity (Wildman–Crippen MR) is 30.9 cm³/mol. The zero-order valence-corrected chi connectivity index (χ0v) is 5.13. The average molecular weight is 131 g/mol. The number of carboxylic acids is 1. The van der Waals surface area contributed by atoms with E-state index >= 15 is 0 Å². The van der Waals surface area contributed by atoms with Gasteiger partial charge in [0.05, 0.1) is 6.42 Å². The molecule has 0 rings (SSSR count). The summed E-state index contributed by atoms with van der Waals surface area (Å²) in [7, 11) is 0. The second-order valence-electron chi connectivity index (χ2n) is 1.78. The maximum atomic E-state index is 9.93. The minimum Gasteiger partial charge on any atom is -0.481 e. The number of aliphatic carboxylic acids is 1. The highest BCUT2D eigenvalue weighted by Gasteiger charge is 2.03. The maximum Gasteiger partial charge on any atom is 0.305 e. The van der Waals surface area contributed by atoms with Gasteiger partial charge in [-0.3, -0.25) is 9.59 Å². The van der Waals surface area contributed by atoms with Crippen LogP contribution in [0.5, 0.6) is 0 Å². The van der Waals surface area contributed by atoms with Crippen LogP contribution in [0.3, 0.4) is 0 Å². The van der Waals surface area contributed by atoms with Gasteiger partial charge >= 0.3 is 5.97 Å². The largest absolute Gasteiger partial charge is 0.481 e. The summed E-state index contributed by atoms with van der Waals surface area (Å²) in [5.41, 5.74) is 0. The van der Waals surface area contributed by atoms with Crippen molar-refractivity contribution in [3.63, 3.8) is 0 Å². The van der Waals surface area contributed by atoms with Gasteiger partial charge in [0, 0.05) is 6.04 Å². The maximum absolute atomic E-state index is 9.93. The Bertz CT molecular complexity index is 113. The molecular weight excluding hydrogens is 122 g/mol. The molecule has 0 aromatic rings. The zero-order chi connectivity index (χ0) is 7.28. The molecule has 2 N–H and O–H groups in total. The van der Waals surface area contributed by atoms with Crippen LogP contribution >= 0.6 is 0 Å². The van der Waals surface area contributed by atoms with E-state index in [-0.39, 0.29) is 12.5 Å². The first-order valence-electron chi connectivity index (χ1n) is 2.58. The minimum absolute atomic E-state index is 0.0290. The number of carbonyl (C=O) groups is 2. The summed E-state index contributed by atoms with van der Waals surface area (Å²) in [4.78, 5) is 19.6. The molecule has 0 spiro atoms. The Hall–Kier alpha value is -1.06. The molecule has 0 aromatic heterocycles. The molecule has 4 heteroatoms. The molecule has 9 heavy (non-hydrogen) atoms. The van der Waals surface area contributed by atoms with Gasteiger partial charge in [0.25, 0.3) is 0 Å². The molecule has 0 heterocycles. The summed E-state index contributed by atoms with van der Waals surface area (Å²) in [6.07, 6.45) is 0.465. The van der Waals surface area contributed by atoms with Crippen LogP contribution in [0, 0.1) is 0 Å². The molecule has 1 amide bonds. The Morgan fingerprint density at radius 2 is 2.44 bits per heavy atom. The van der Waals surface area contributed by atoms with Crippen molar-refractivity contribution in [2.75, 3.05) is 0 Å². The summed E-state index contributed by atoms with van der Waals surface area (Å²) >= 11 is 0. The van der Waals surface area contributed by atoms with E-state index in [1.54, 1.807) is 6.92 Å². The van der Waals surface area contributed by atoms with Crippen LogP contribution in [-0.2, 0) is 9.59 Å². The molecule has 0 aliphatic heterocycles. The Morgan fingerprint density at radius 3 is 2.78 bits per heavy atom. The molecule has 0 saturated heterocycles. The number of carboxylic acid groups (broad SMARTS) is 1. The fourth-order valence-electron chi connectivity index (χ4n) is 0.437. The Morgan fingerprint density at radius 1 is 1.89 bits per heavy atom. The monoisotopic (exact) mass is 131 g/mol. The van der Waals surface area contributed by atoms with Gasteiger partial charge in [-0.1, -0.05) is 0 Å². The van der Waals surface area contributed by atoms with E-state index < -0.39 is 5.97 Å². The van der Waals surface area contributed by atoms with Gasteiger partial charge in [-0.15, -0.1) is 0 Å². The SMILES string of the molecule is CC(CC(=O)O)NC=O. The third-order valence-electron chi connectivity index (χ3n) is 0.833. The molecule has 0 aliphatic rings. The summed E-state index contributed by atoms with van der Waals surface area (Å²) < 4.78 is 0. The number of carbonyl (C=O) groups excluding carboxylic acids is 1. The quantitative estimate of drug-likeness (QED) is 0.510. The van der Waals surface area contributed by atoms with Crippen molar-refractivity contribution in [2.24, 2.45) is 0 Å². The van der Waals surface area contributed by atoms with Crippen molar-refractivity contribution >= 4 is 12.4 Å². The zero-order valence-electron chi connectivity index (χ0n) is 5.13. The number of nitrogens with one attached hydrogen (secondary N) is 1. The number of amides is 1. The highest BCUT2D eigenvalue weighted by molar-refractivity contribution is 5.68. The topological polar surface area (TPSA) is 66.4 Å². The lowest BCUT2D eigenvalue weighted by molar-refractivity contribution is -0.137. The van der Waals surface area contributed by atoms with E-state index in [9.17, 15) is 9.59 Å². The highest BCUT2D eigenvalue weighted by Crippen LogP contribution is 1.86. The van der Waals surface area contributed by atoms with Crippen molar-refractivity contribution in [2.45, 2.75) is 19.4 Å². The van der Waals surface area contributed by atoms with Gasteiger partial charge in [-0.05, 0) is 6.92 Å². The van der Waals surface area contributed by atoms with Crippen LogP contribution in [0.15, 0.2) is 0 Å². The van der Waals surface area contributed by atoms with Crippen molar-refractivity contribution < 1.29 is 14.7 Å². The number of rotatable bonds is 4. The van der Waals surface area contributed by atoms with E-state index in [0.29, 0.717) is 6.41 Å². The summed E-state index contributed by atoms with van der Waals surface area (Å²) in [6, 6.07) is -0.278. The molecular formula is C5H9NO3. The normalized spacial score (nSPS) is 12.1. The molecule has 52 valence electrons. The van der Waals surface area contributed by atoms with Gasteiger partial charge in [0.2, 0.25) is 6.41 Å². The van der Waals surface area contributed by atoms with E-state index in [1.165, 1.54) is 0 Å². The molecule has 0 saturated carbocycles. The average Bonchev–Trinajstić information content (AvgIpc) is 1.63. The van der Waals surface area contributed by atoms with Crippen molar-refractivity contribution in [3.05, 3.63) is 0 Å². The molecule has 4 nitrogen and oxygen atoms in total. The lowest BCUT2D eigenvalue weighted by atomic mass is 10.2. The first-order valence-corrected chi connectivity index (χ1v) is 2.58. The van der Waals surface area contributed by atoms with Crippen LogP contribution in [-0.4, -0.2) is 23.5 Å². The molecule has 0 fully saturated rings. The summed E-state index contributed by atoms with van der Waals surface area (Å²) in [6.45, 7) is 1.63. The summed E-state index contributed by atoms with van der Waals surface area (Å²) in [5, 5.41) is 10.5. The highest BCUT2D eigenvalue weighted by atomic mass is 16.4. The second kappa shape index (κ2) is 3.88. The third kappa shape index (κ3) is 4.80.